The minimum Gasteiger partial charge on any atom is -0.357 e. The summed E-state index contributed by atoms with van der Waals surface area (Å²) >= 11 is 0. The maximum absolute atomic E-state index is 4.24. The monoisotopic (exact) mass is 402 g/mol. The molecule has 21 heavy (non-hydrogen) atoms. The van der Waals surface area contributed by atoms with Crippen molar-refractivity contribution in [2.75, 3.05) is 26.7 Å². The number of hydrogen-bond acceptors (Lipinski definition) is 2. The van der Waals surface area contributed by atoms with Gasteiger partial charge in [0.2, 0.25) is 0 Å². The smallest absolute Gasteiger partial charge is 0.191 e. The van der Waals surface area contributed by atoms with E-state index in [0.29, 0.717) is 6.04 Å². The van der Waals surface area contributed by atoms with Gasteiger partial charge >= 0.3 is 0 Å². The molecule has 1 saturated heterocycles. The Morgan fingerprint density at radius 1 is 1.24 bits per heavy atom. The van der Waals surface area contributed by atoms with E-state index in [1.165, 1.54) is 18.4 Å². The Balaban J connectivity index is 0.00000220. The maximum atomic E-state index is 4.24. The molecule has 0 aromatic heterocycles. The van der Waals surface area contributed by atoms with Crippen molar-refractivity contribution in [2.24, 2.45) is 4.99 Å². The van der Waals surface area contributed by atoms with Gasteiger partial charge in [-0.1, -0.05) is 30.3 Å². The SMILES string of the molecule is CCNC(=NC)NC1CCN(Cc2ccccc2)CC1.I. The number of rotatable bonds is 4. The van der Waals surface area contributed by atoms with Gasteiger partial charge in [0.05, 0.1) is 0 Å². The molecule has 1 aliphatic heterocycles. The van der Waals surface area contributed by atoms with E-state index < -0.39 is 0 Å². The second-order valence-corrected chi connectivity index (χ2v) is 5.28. The molecule has 1 fully saturated rings. The zero-order valence-electron chi connectivity index (χ0n) is 13.0. The van der Waals surface area contributed by atoms with Crippen molar-refractivity contribution in [2.45, 2.75) is 32.4 Å². The van der Waals surface area contributed by atoms with E-state index in [4.69, 9.17) is 0 Å². The highest BCUT2D eigenvalue weighted by Gasteiger charge is 2.19. The van der Waals surface area contributed by atoms with E-state index >= 15 is 0 Å². The number of nitrogens with zero attached hydrogens (tertiary/aromatic N) is 2. The van der Waals surface area contributed by atoms with Crippen LogP contribution in [-0.4, -0.2) is 43.6 Å². The minimum atomic E-state index is 0. The first kappa shape index (κ1) is 18.2. The Morgan fingerprint density at radius 2 is 1.90 bits per heavy atom. The van der Waals surface area contributed by atoms with Crippen LogP contribution in [0.5, 0.6) is 0 Å². The lowest BCUT2D eigenvalue weighted by Crippen LogP contribution is -2.48. The molecule has 1 aromatic rings. The predicted molar refractivity (Wildman–Crippen MR) is 100 cm³/mol. The topological polar surface area (TPSA) is 39.7 Å². The molecule has 5 heteroatoms. The molecule has 4 nitrogen and oxygen atoms in total. The van der Waals surface area contributed by atoms with Crippen LogP contribution in [0.25, 0.3) is 0 Å². The normalized spacial score (nSPS) is 17.1. The minimum absolute atomic E-state index is 0. The molecule has 118 valence electrons. The summed E-state index contributed by atoms with van der Waals surface area (Å²) in [4.78, 5) is 6.77. The van der Waals surface area contributed by atoms with Crippen LogP contribution in [0, 0.1) is 0 Å². The number of aliphatic imine (C=N–C) groups is 1. The van der Waals surface area contributed by atoms with Crippen LogP contribution in [0.2, 0.25) is 0 Å². The third-order valence-corrected chi connectivity index (χ3v) is 3.75. The van der Waals surface area contributed by atoms with Crippen LogP contribution in [0.15, 0.2) is 35.3 Å². The molecule has 0 amide bonds. The summed E-state index contributed by atoms with van der Waals surface area (Å²) in [7, 11) is 1.83. The highest BCUT2D eigenvalue weighted by molar-refractivity contribution is 14.0. The summed E-state index contributed by atoms with van der Waals surface area (Å²) in [5.74, 6) is 0.925. The molecular formula is C16H27IN4. The fraction of sp³-hybridized carbons (Fsp3) is 0.562. The first-order valence-corrected chi connectivity index (χ1v) is 7.55. The van der Waals surface area contributed by atoms with Gasteiger partial charge in [0.15, 0.2) is 5.96 Å². The average molecular weight is 402 g/mol. The molecule has 0 unspecified atom stereocenters. The molecule has 2 N–H and O–H groups in total. The van der Waals surface area contributed by atoms with Crippen LogP contribution in [-0.2, 0) is 6.54 Å². The molecule has 0 saturated carbocycles. The van der Waals surface area contributed by atoms with Gasteiger partial charge in [-0.2, -0.15) is 0 Å². The molecular weight excluding hydrogens is 375 g/mol. The molecule has 1 aliphatic rings. The third-order valence-electron chi connectivity index (χ3n) is 3.75. The number of halogens is 1. The Labute approximate surface area is 145 Å². The molecule has 0 atom stereocenters. The molecule has 0 aliphatic carbocycles. The van der Waals surface area contributed by atoms with Gasteiger partial charge < -0.3 is 10.6 Å². The first-order valence-electron chi connectivity index (χ1n) is 7.55. The van der Waals surface area contributed by atoms with E-state index in [2.05, 4.69) is 57.8 Å². The van der Waals surface area contributed by atoms with Gasteiger partial charge in [-0.15, -0.1) is 24.0 Å². The van der Waals surface area contributed by atoms with Crippen molar-refractivity contribution in [3.05, 3.63) is 35.9 Å². The lowest BCUT2D eigenvalue weighted by molar-refractivity contribution is 0.198. The summed E-state index contributed by atoms with van der Waals surface area (Å²) in [6.07, 6.45) is 2.36. The van der Waals surface area contributed by atoms with Gasteiger partial charge in [0.25, 0.3) is 0 Å². The van der Waals surface area contributed by atoms with Crippen molar-refractivity contribution in [3.8, 4) is 0 Å². The lowest BCUT2D eigenvalue weighted by Gasteiger charge is -2.33. The third kappa shape index (κ3) is 6.22. The van der Waals surface area contributed by atoms with Gasteiger partial charge in [-0.3, -0.25) is 9.89 Å². The van der Waals surface area contributed by atoms with Crippen LogP contribution >= 0.6 is 24.0 Å². The Morgan fingerprint density at radius 3 is 2.48 bits per heavy atom. The van der Waals surface area contributed by atoms with E-state index in [1.807, 2.05) is 7.05 Å². The molecule has 0 spiro atoms. The molecule has 0 bridgehead atoms. The van der Waals surface area contributed by atoms with Crippen LogP contribution < -0.4 is 10.6 Å². The van der Waals surface area contributed by atoms with Crippen LogP contribution in [0.3, 0.4) is 0 Å². The number of nitrogens with one attached hydrogen (secondary N) is 2. The summed E-state index contributed by atoms with van der Waals surface area (Å²) in [5, 5.41) is 6.76. The number of guanidine groups is 1. The Kier molecular flexibility index (Phi) is 8.68. The second kappa shape index (κ2) is 10.00. The molecule has 1 aromatic carbocycles. The standard InChI is InChI=1S/C16H26N4.HI/c1-3-18-16(17-2)19-15-9-11-20(12-10-15)13-14-7-5-4-6-8-14;/h4-8,15H,3,9-13H2,1-2H3,(H2,17,18,19);1H. The Hall–Kier alpha value is -0.820. The van der Waals surface area contributed by atoms with E-state index in [0.717, 1.165) is 32.1 Å². The number of benzene rings is 1. The summed E-state index contributed by atoms with van der Waals surface area (Å²) in [6, 6.07) is 11.3. The predicted octanol–water partition coefficient (Wildman–Crippen LogP) is 2.45. The highest BCUT2D eigenvalue weighted by Crippen LogP contribution is 2.13. The van der Waals surface area contributed by atoms with Crippen molar-refractivity contribution in [1.29, 1.82) is 0 Å². The zero-order chi connectivity index (χ0) is 14.2. The maximum Gasteiger partial charge on any atom is 0.191 e. The van der Waals surface area contributed by atoms with Crippen LogP contribution in [0.1, 0.15) is 25.3 Å². The molecule has 2 rings (SSSR count). The second-order valence-electron chi connectivity index (χ2n) is 5.28. The lowest BCUT2D eigenvalue weighted by atomic mass is 10.0. The van der Waals surface area contributed by atoms with E-state index in [1.54, 1.807) is 0 Å². The summed E-state index contributed by atoms with van der Waals surface area (Å²) in [6.45, 7) is 6.36. The zero-order valence-corrected chi connectivity index (χ0v) is 15.3. The van der Waals surface area contributed by atoms with Gasteiger partial charge in [-0.05, 0) is 25.3 Å². The van der Waals surface area contributed by atoms with Crippen molar-refractivity contribution in [3.63, 3.8) is 0 Å². The summed E-state index contributed by atoms with van der Waals surface area (Å²) in [5.41, 5.74) is 1.40. The van der Waals surface area contributed by atoms with Gasteiger partial charge in [0.1, 0.15) is 0 Å². The summed E-state index contributed by atoms with van der Waals surface area (Å²) < 4.78 is 0. The Bertz CT molecular complexity index is 414. The largest absolute Gasteiger partial charge is 0.357 e. The quantitative estimate of drug-likeness (QED) is 0.462. The van der Waals surface area contributed by atoms with E-state index in [9.17, 15) is 0 Å². The first-order chi connectivity index (χ1) is 9.81. The fourth-order valence-corrected chi connectivity index (χ4v) is 2.63. The van der Waals surface area contributed by atoms with Crippen molar-refractivity contribution in [1.82, 2.24) is 15.5 Å². The van der Waals surface area contributed by atoms with E-state index in [-0.39, 0.29) is 24.0 Å². The van der Waals surface area contributed by atoms with Crippen LogP contribution in [0.4, 0.5) is 0 Å². The van der Waals surface area contributed by atoms with Crippen molar-refractivity contribution < 1.29 is 0 Å². The highest BCUT2D eigenvalue weighted by atomic mass is 127. The average Bonchev–Trinajstić information content (AvgIpc) is 2.50. The number of hydrogen-bond donors (Lipinski definition) is 2. The number of likely N-dealkylation sites (tertiary alicyclic amines) is 1. The molecule has 0 radical (unpaired) electrons. The van der Waals surface area contributed by atoms with Gasteiger partial charge in [-0.25, -0.2) is 0 Å². The molecule has 1 heterocycles. The number of piperidine rings is 1. The van der Waals surface area contributed by atoms with Crippen molar-refractivity contribution >= 4 is 29.9 Å². The van der Waals surface area contributed by atoms with Gasteiger partial charge in [0, 0.05) is 39.3 Å². The fourth-order valence-electron chi connectivity index (χ4n) is 2.63.